The second kappa shape index (κ2) is 9.26. The van der Waals surface area contributed by atoms with Gasteiger partial charge in [-0.25, -0.2) is 0 Å². The lowest BCUT2D eigenvalue weighted by Gasteiger charge is -2.33. The third-order valence-corrected chi connectivity index (χ3v) is 4.32. The highest BCUT2D eigenvalue weighted by molar-refractivity contribution is 5.85. The molecule has 5 nitrogen and oxygen atoms in total. The molecule has 1 saturated heterocycles. The summed E-state index contributed by atoms with van der Waals surface area (Å²) in [4.78, 5) is 26.0. The van der Waals surface area contributed by atoms with Crippen LogP contribution in [-0.2, 0) is 9.59 Å². The molecular formula is C15H30ClN3O2. The third-order valence-electron chi connectivity index (χ3n) is 4.32. The number of halogens is 1. The molecule has 124 valence electrons. The summed E-state index contributed by atoms with van der Waals surface area (Å²) in [6.45, 7) is 9.79. The number of hydrogen-bond acceptors (Lipinski definition) is 3. The number of carbonyl (C=O) groups excluding carboxylic acids is 2. The molecule has 6 heteroatoms. The second-order valence-corrected chi connectivity index (χ2v) is 6.28. The second-order valence-electron chi connectivity index (χ2n) is 6.28. The average molecular weight is 320 g/mol. The number of rotatable bonds is 5. The zero-order chi connectivity index (χ0) is 15.3. The van der Waals surface area contributed by atoms with Crippen LogP contribution in [0.1, 0.15) is 40.5 Å². The fraction of sp³-hybridized carbons (Fsp3) is 0.867. The Balaban J connectivity index is 0.00000400. The van der Waals surface area contributed by atoms with Crippen molar-refractivity contribution in [1.29, 1.82) is 0 Å². The molecule has 1 rings (SSSR count). The molecule has 2 unspecified atom stereocenters. The van der Waals surface area contributed by atoms with Crippen molar-refractivity contribution in [3.63, 3.8) is 0 Å². The van der Waals surface area contributed by atoms with Gasteiger partial charge in [-0.1, -0.05) is 20.8 Å². The highest BCUT2D eigenvalue weighted by atomic mass is 35.5. The first kappa shape index (κ1) is 20.2. The molecule has 0 aliphatic carbocycles. The van der Waals surface area contributed by atoms with Crippen LogP contribution in [0.15, 0.2) is 0 Å². The van der Waals surface area contributed by atoms with Gasteiger partial charge < -0.3 is 16.0 Å². The summed E-state index contributed by atoms with van der Waals surface area (Å²) in [6, 6.07) is 0.194. The molecule has 3 N–H and O–H groups in total. The van der Waals surface area contributed by atoms with Crippen LogP contribution in [0.25, 0.3) is 0 Å². The number of nitrogens with one attached hydrogen (secondary N) is 1. The summed E-state index contributed by atoms with van der Waals surface area (Å²) >= 11 is 0. The molecule has 0 saturated carbocycles. The summed E-state index contributed by atoms with van der Waals surface area (Å²) in [5, 5.41) is 3.06. The van der Waals surface area contributed by atoms with Gasteiger partial charge in [-0.05, 0) is 25.7 Å². The fourth-order valence-electron chi connectivity index (χ4n) is 2.28. The molecule has 0 spiro atoms. The summed E-state index contributed by atoms with van der Waals surface area (Å²) in [6.07, 6.45) is 1.50. The van der Waals surface area contributed by atoms with E-state index >= 15 is 0 Å². The Kier molecular flexibility index (Phi) is 8.90. The number of amides is 2. The minimum atomic E-state index is -0.124. The number of carbonyl (C=O) groups is 2. The topological polar surface area (TPSA) is 75.4 Å². The van der Waals surface area contributed by atoms with Gasteiger partial charge in [0, 0.05) is 37.5 Å². The van der Waals surface area contributed by atoms with Gasteiger partial charge in [-0.2, -0.15) is 0 Å². The predicted octanol–water partition coefficient (Wildman–Crippen LogP) is 1.40. The Morgan fingerprint density at radius 3 is 2.14 bits per heavy atom. The summed E-state index contributed by atoms with van der Waals surface area (Å²) in [7, 11) is 0. The molecule has 2 atom stereocenters. The van der Waals surface area contributed by atoms with Crippen molar-refractivity contribution in [2.45, 2.75) is 46.6 Å². The van der Waals surface area contributed by atoms with Crippen LogP contribution < -0.4 is 11.1 Å². The van der Waals surface area contributed by atoms with Crippen molar-refractivity contribution in [2.24, 2.45) is 23.5 Å². The Morgan fingerprint density at radius 2 is 1.71 bits per heavy atom. The van der Waals surface area contributed by atoms with Crippen molar-refractivity contribution in [2.75, 3.05) is 19.6 Å². The Labute approximate surface area is 134 Å². The molecule has 0 bridgehead atoms. The Morgan fingerprint density at radius 1 is 1.19 bits per heavy atom. The maximum Gasteiger partial charge on any atom is 0.226 e. The highest BCUT2D eigenvalue weighted by Crippen LogP contribution is 2.19. The van der Waals surface area contributed by atoms with Crippen molar-refractivity contribution < 1.29 is 9.59 Å². The van der Waals surface area contributed by atoms with E-state index in [1.165, 1.54) is 0 Å². The predicted molar refractivity (Wildman–Crippen MR) is 87.2 cm³/mol. The maximum absolute atomic E-state index is 12.1. The summed E-state index contributed by atoms with van der Waals surface area (Å²) in [5.41, 5.74) is 5.53. The van der Waals surface area contributed by atoms with Crippen LogP contribution in [-0.4, -0.2) is 42.4 Å². The number of piperidine rings is 1. The third kappa shape index (κ3) is 5.83. The zero-order valence-electron chi connectivity index (χ0n) is 13.6. The van der Waals surface area contributed by atoms with Crippen molar-refractivity contribution in [3.8, 4) is 0 Å². The molecule has 0 aromatic rings. The van der Waals surface area contributed by atoms with E-state index in [9.17, 15) is 9.59 Å². The van der Waals surface area contributed by atoms with E-state index in [2.05, 4.69) is 19.2 Å². The van der Waals surface area contributed by atoms with Gasteiger partial charge in [0.15, 0.2) is 0 Å². The minimum absolute atomic E-state index is 0. The van der Waals surface area contributed by atoms with Crippen molar-refractivity contribution in [3.05, 3.63) is 0 Å². The molecule has 1 aliphatic heterocycles. The lowest BCUT2D eigenvalue weighted by Crippen LogP contribution is -2.47. The first-order valence-corrected chi connectivity index (χ1v) is 7.66. The molecule has 0 aromatic heterocycles. The van der Waals surface area contributed by atoms with Gasteiger partial charge >= 0.3 is 0 Å². The van der Waals surface area contributed by atoms with Crippen LogP contribution in [0.5, 0.6) is 0 Å². The zero-order valence-corrected chi connectivity index (χ0v) is 14.4. The standard InChI is InChI=1S/C15H29N3O2.ClH/c1-10(2)12(4)17-14(19)13-5-7-18(8-6-13)15(20)11(3)9-16;/h10-13H,5-9,16H2,1-4H3,(H,17,19);1H. The SMILES string of the molecule is CC(CN)C(=O)N1CCC(C(=O)NC(C)C(C)C)CC1.Cl. The van der Waals surface area contributed by atoms with Gasteiger partial charge in [0.2, 0.25) is 11.8 Å². The molecule has 21 heavy (non-hydrogen) atoms. The van der Waals surface area contributed by atoms with E-state index < -0.39 is 0 Å². The number of nitrogens with two attached hydrogens (primary N) is 1. The first-order chi connectivity index (χ1) is 9.36. The lowest BCUT2D eigenvalue weighted by atomic mass is 9.94. The van der Waals surface area contributed by atoms with Gasteiger partial charge in [-0.15, -0.1) is 12.4 Å². The van der Waals surface area contributed by atoms with Crippen LogP contribution in [0.3, 0.4) is 0 Å². The quantitative estimate of drug-likeness (QED) is 0.804. The van der Waals surface area contributed by atoms with Crippen LogP contribution in [0.2, 0.25) is 0 Å². The normalized spacial score (nSPS) is 18.9. The van der Waals surface area contributed by atoms with E-state index in [-0.39, 0.29) is 42.1 Å². The van der Waals surface area contributed by atoms with Crippen molar-refractivity contribution in [1.82, 2.24) is 10.2 Å². The Bertz CT molecular complexity index is 342. The van der Waals surface area contributed by atoms with Gasteiger partial charge in [0.1, 0.15) is 0 Å². The molecule has 0 radical (unpaired) electrons. The van der Waals surface area contributed by atoms with Gasteiger partial charge in [0.05, 0.1) is 0 Å². The fourth-order valence-corrected chi connectivity index (χ4v) is 2.28. The molecule has 1 fully saturated rings. The molecule has 1 aliphatic rings. The molecular weight excluding hydrogens is 290 g/mol. The largest absolute Gasteiger partial charge is 0.353 e. The Hall–Kier alpha value is -0.810. The molecule has 2 amide bonds. The van der Waals surface area contributed by atoms with Crippen molar-refractivity contribution >= 4 is 24.2 Å². The summed E-state index contributed by atoms with van der Waals surface area (Å²) < 4.78 is 0. The highest BCUT2D eigenvalue weighted by Gasteiger charge is 2.29. The van der Waals surface area contributed by atoms with Crippen LogP contribution >= 0.6 is 12.4 Å². The van der Waals surface area contributed by atoms with Crippen LogP contribution in [0.4, 0.5) is 0 Å². The lowest BCUT2D eigenvalue weighted by molar-refractivity contribution is -0.138. The van der Waals surface area contributed by atoms with E-state index in [4.69, 9.17) is 5.73 Å². The number of hydrogen-bond donors (Lipinski definition) is 2. The van der Waals surface area contributed by atoms with E-state index in [1.54, 1.807) is 0 Å². The summed E-state index contributed by atoms with van der Waals surface area (Å²) in [5.74, 6) is 0.591. The van der Waals surface area contributed by atoms with E-state index in [1.807, 2.05) is 18.7 Å². The molecule has 1 heterocycles. The monoisotopic (exact) mass is 319 g/mol. The maximum atomic E-state index is 12.1. The minimum Gasteiger partial charge on any atom is -0.353 e. The first-order valence-electron chi connectivity index (χ1n) is 7.66. The number of likely N-dealkylation sites (tertiary alicyclic amines) is 1. The van der Waals surface area contributed by atoms with E-state index in [0.29, 0.717) is 25.6 Å². The van der Waals surface area contributed by atoms with Gasteiger partial charge in [-0.3, -0.25) is 9.59 Å². The smallest absolute Gasteiger partial charge is 0.226 e. The van der Waals surface area contributed by atoms with Gasteiger partial charge in [0.25, 0.3) is 0 Å². The average Bonchev–Trinajstić information content (AvgIpc) is 2.45. The van der Waals surface area contributed by atoms with Crippen LogP contribution in [0, 0.1) is 17.8 Å². The van der Waals surface area contributed by atoms with E-state index in [0.717, 1.165) is 12.8 Å². The number of nitrogens with zero attached hydrogens (tertiary/aromatic N) is 1. The molecule has 0 aromatic carbocycles.